The first-order chi connectivity index (χ1) is 8.93. The molecule has 0 atom stereocenters. The molecule has 0 saturated heterocycles. The zero-order valence-corrected chi connectivity index (χ0v) is 11.5. The lowest BCUT2D eigenvalue weighted by atomic mass is 10.1. The zero-order valence-electron chi connectivity index (χ0n) is 9.37. The number of alkyl halides is 3. The third-order valence-electron chi connectivity index (χ3n) is 2.46. The molecule has 1 heterocycles. The maximum Gasteiger partial charge on any atom is 0.417 e. The molecule has 6 heteroatoms. The van der Waals surface area contributed by atoms with Crippen LogP contribution in [0.2, 0.25) is 0 Å². The van der Waals surface area contributed by atoms with Crippen molar-refractivity contribution in [3.8, 4) is 17.3 Å². The maximum atomic E-state index is 12.9. The zero-order chi connectivity index (χ0) is 14.0. The van der Waals surface area contributed by atoms with E-state index in [-0.39, 0.29) is 9.39 Å². The van der Waals surface area contributed by atoms with E-state index in [0.29, 0.717) is 5.56 Å². The van der Waals surface area contributed by atoms with Crippen molar-refractivity contribution < 1.29 is 13.2 Å². The van der Waals surface area contributed by atoms with E-state index in [1.54, 1.807) is 59.0 Å². The average molecular weight is 374 g/mol. The lowest BCUT2D eigenvalue weighted by molar-refractivity contribution is -0.137. The molecule has 0 bridgehead atoms. The Labute approximate surface area is 121 Å². The molecule has 0 fully saturated rings. The number of pyridine rings is 1. The van der Waals surface area contributed by atoms with E-state index in [4.69, 9.17) is 5.26 Å². The van der Waals surface area contributed by atoms with Gasteiger partial charge in [-0.15, -0.1) is 0 Å². The van der Waals surface area contributed by atoms with Crippen molar-refractivity contribution in [3.63, 3.8) is 0 Å². The van der Waals surface area contributed by atoms with Crippen LogP contribution in [0.15, 0.2) is 36.4 Å². The van der Waals surface area contributed by atoms with E-state index >= 15 is 0 Å². The Hall–Kier alpha value is -1.62. The number of halogens is 4. The molecule has 2 rings (SSSR count). The fourth-order valence-corrected chi connectivity index (χ4v) is 2.27. The van der Waals surface area contributed by atoms with Crippen molar-refractivity contribution in [3.05, 3.63) is 51.2 Å². The Bertz CT molecular complexity index is 645. The van der Waals surface area contributed by atoms with Gasteiger partial charge in [-0.3, -0.25) is 0 Å². The topological polar surface area (TPSA) is 36.7 Å². The number of rotatable bonds is 1. The first kappa shape index (κ1) is 13.8. The highest BCUT2D eigenvalue weighted by Crippen LogP contribution is 2.35. The summed E-state index contributed by atoms with van der Waals surface area (Å²) in [6.45, 7) is 0. The number of benzene rings is 1. The Morgan fingerprint density at radius 2 is 1.79 bits per heavy atom. The second kappa shape index (κ2) is 5.17. The van der Waals surface area contributed by atoms with Gasteiger partial charge >= 0.3 is 6.18 Å². The summed E-state index contributed by atoms with van der Waals surface area (Å²) in [6, 6.07) is 11.0. The Balaban J connectivity index is 2.69. The molecule has 0 saturated carbocycles. The molecule has 0 aliphatic carbocycles. The van der Waals surface area contributed by atoms with Crippen LogP contribution in [0.3, 0.4) is 0 Å². The Morgan fingerprint density at radius 3 is 2.32 bits per heavy atom. The molecule has 0 unspecified atom stereocenters. The van der Waals surface area contributed by atoms with Crippen LogP contribution < -0.4 is 0 Å². The molecule has 1 aromatic carbocycles. The van der Waals surface area contributed by atoms with Crippen molar-refractivity contribution in [2.45, 2.75) is 6.18 Å². The highest BCUT2D eigenvalue weighted by Gasteiger charge is 2.35. The molecular weight excluding hydrogens is 368 g/mol. The third kappa shape index (κ3) is 2.87. The summed E-state index contributed by atoms with van der Waals surface area (Å²) in [5.74, 6) is 0. The van der Waals surface area contributed by atoms with Gasteiger partial charge in [-0.2, -0.15) is 18.4 Å². The summed E-state index contributed by atoms with van der Waals surface area (Å²) in [5.41, 5.74) is -0.604. The van der Waals surface area contributed by atoms with Gasteiger partial charge in [0.2, 0.25) is 0 Å². The lowest BCUT2D eigenvalue weighted by Gasteiger charge is -2.11. The van der Waals surface area contributed by atoms with Crippen LogP contribution in [-0.2, 0) is 6.18 Å². The summed E-state index contributed by atoms with van der Waals surface area (Å²) < 4.78 is 38.8. The summed E-state index contributed by atoms with van der Waals surface area (Å²) in [7, 11) is 0. The molecule has 0 aliphatic heterocycles. The average Bonchev–Trinajstić information content (AvgIpc) is 2.37. The van der Waals surface area contributed by atoms with E-state index in [0.717, 1.165) is 6.07 Å². The molecule has 2 nitrogen and oxygen atoms in total. The molecular formula is C13H6F3IN2. The van der Waals surface area contributed by atoms with Crippen molar-refractivity contribution in [2.24, 2.45) is 0 Å². The third-order valence-corrected chi connectivity index (χ3v) is 3.24. The normalized spacial score (nSPS) is 11.1. The smallest absolute Gasteiger partial charge is 0.240 e. The first-order valence-electron chi connectivity index (χ1n) is 5.16. The fourth-order valence-electron chi connectivity index (χ4n) is 1.60. The van der Waals surface area contributed by atoms with Crippen molar-refractivity contribution in [1.29, 1.82) is 5.26 Å². The second-order valence-corrected chi connectivity index (χ2v) is 4.72. The summed E-state index contributed by atoms with van der Waals surface area (Å²) in [5, 5.41) is 8.83. The Morgan fingerprint density at radius 1 is 1.16 bits per heavy atom. The number of nitrogens with zero attached hydrogens (tertiary/aromatic N) is 2. The highest BCUT2D eigenvalue weighted by atomic mass is 127. The number of hydrogen-bond donors (Lipinski definition) is 0. The van der Waals surface area contributed by atoms with Crippen LogP contribution in [0, 0.1) is 15.0 Å². The maximum absolute atomic E-state index is 12.9. The van der Waals surface area contributed by atoms with Gasteiger partial charge in [0.05, 0.1) is 16.8 Å². The fraction of sp³-hybridized carbons (Fsp3) is 0.0769. The lowest BCUT2D eigenvalue weighted by Crippen LogP contribution is -2.10. The SMILES string of the molecule is N#Cc1c(C(F)(F)F)cc(-c2ccccc2)nc1I. The van der Waals surface area contributed by atoms with Crippen LogP contribution >= 0.6 is 22.6 Å². The minimum Gasteiger partial charge on any atom is -0.240 e. The number of nitriles is 1. The summed E-state index contributed by atoms with van der Waals surface area (Å²) in [4.78, 5) is 4.05. The van der Waals surface area contributed by atoms with Gasteiger partial charge in [-0.05, 0) is 28.7 Å². The van der Waals surface area contributed by atoms with Crippen molar-refractivity contribution in [2.75, 3.05) is 0 Å². The molecule has 96 valence electrons. The van der Waals surface area contributed by atoms with E-state index in [1.165, 1.54) is 0 Å². The molecule has 1 aromatic heterocycles. The van der Waals surface area contributed by atoms with Crippen LogP contribution in [0.1, 0.15) is 11.1 Å². The van der Waals surface area contributed by atoms with Gasteiger partial charge < -0.3 is 0 Å². The van der Waals surface area contributed by atoms with Crippen molar-refractivity contribution in [1.82, 2.24) is 4.98 Å². The standard InChI is InChI=1S/C13H6F3IN2/c14-13(15,16)10-6-11(8-4-2-1-3-5-8)19-12(17)9(10)7-18/h1-6H. The number of aromatic nitrogens is 1. The monoisotopic (exact) mass is 374 g/mol. The van der Waals surface area contributed by atoms with Gasteiger partial charge in [0.25, 0.3) is 0 Å². The number of hydrogen-bond acceptors (Lipinski definition) is 2. The predicted octanol–water partition coefficient (Wildman–Crippen LogP) is 4.24. The molecule has 0 amide bonds. The molecule has 19 heavy (non-hydrogen) atoms. The highest BCUT2D eigenvalue weighted by molar-refractivity contribution is 14.1. The van der Waals surface area contributed by atoms with E-state index in [1.807, 2.05) is 0 Å². The summed E-state index contributed by atoms with van der Waals surface area (Å²) in [6.07, 6.45) is -4.57. The molecule has 0 N–H and O–H groups in total. The molecule has 0 spiro atoms. The summed E-state index contributed by atoms with van der Waals surface area (Å²) >= 11 is 1.64. The van der Waals surface area contributed by atoms with Gasteiger partial charge in [0, 0.05) is 5.56 Å². The largest absolute Gasteiger partial charge is 0.417 e. The van der Waals surface area contributed by atoms with Crippen LogP contribution in [-0.4, -0.2) is 4.98 Å². The van der Waals surface area contributed by atoms with Gasteiger partial charge in [0.1, 0.15) is 9.77 Å². The van der Waals surface area contributed by atoms with Gasteiger partial charge in [-0.1, -0.05) is 30.3 Å². The van der Waals surface area contributed by atoms with Crippen LogP contribution in [0.25, 0.3) is 11.3 Å². The van der Waals surface area contributed by atoms with Crippen LogP contribution in [0.5, 0.6) is 0 Å². The molecule has 0 radical (unpaired) electrons. The van der Waals surface area contributed by atoms with E-state index in [9.17, 15) is 13.2 Å². The molecule has 0 aliphatic rings. The van der Waals surface area contributed by atoms with Crippen LogP contribution in [0.4, 0.5) is 13.2 Å². The van der Waals surface area contributed by atoms with Crippen molar-refractivity contribution >= 4 is 22.6 Å². The van der Waals surface area contributed by atoms with Gasteiger partial charge in [0.15, 0.2) is 0 Å². The molecule has 2 aromatic rings. The van der Waals surface area contributed by atoms with Gasteiger partial charge in [-0.25, -0.2) is 4.98 Å². The van der Waals surface area contributed by atoms with E-state index < -0.39 is 17.3 Å². The Kier molecular flexibility index (Phi) is 3.75. The quantitative estimate of drug-likeness (QED) is 0.553. The minimum absolute atomic E-state index is 0.0498. The first-order valence-corrected chi connectivity index (χ1v) is 6.24. The second-order valence-electron chi connectivity index (χ2n) is 3.70. The van der Waals surface area contributed by atoms with E-state index in [2.05, 4.69) is 4.98 Å². The minimum atomic E-state index is -4.57. The predicted molar refractivity (Wildman–Crippen MR) is 72.1 cm³/mol.